The monoisotopic (exact) mass is 269 g/mol. The van der Waals surface area contributed by atoms with Crippen LogP contribution in [0.15, 0.2) is 5.16 Å². The minimum absolute atomic E-state index is 0.0619. The topological polar surface area (TPSA) is 85.8 Å². The Bertz CT molecular complexity index is 416. The van der Waals surface area contributed by atoms with Crippen molar-refractivity contribution in [3.05, 3.63) is 5.82 Å². The van der Waals surface area contributed by atoms with Crippen LogP contribution in [0.2, 0.25) is 0 Å². The van der Waals surface area contributed by atoms with E-state index in [9.17, 15) is 4.79 Å². The SMILES string of the molecule is Cc1nnc(SCC(=O)NCC2CC2)n1CCN. The van der Waals surface area contributed by atoms with E-state index in [1.165, 1.54) is 24.6 Å². The maximum absolute atomic E-state index is 11.6. The van der Waals surface area contributed by atoms with Crippen molar-refractivity contribution in [3.8, 4) is 0 Å². The maximum atomic E-state index is 11.6. The summed E-state index contributed by atoms with van der Waals surface area (Å²) in [6.07, 6.45) is 2.49. The van der Waals surface area contributed by atoms with E-state index in [1.54, 1.807) is 0 Å². The second kappa shape index (κ2) is 6.19. The molecule has 1 aliphatic rings. The van der Waals surface area contributed by atoms with Crippen LogP contribution in [-0.2, 0) is 11.3 Å². The third-order valence-electron chi connectivity index (χ3n) is 2.87. The molecule has 7 heteroatoms. The van der Waals surface area contributed by atoms with Crippen LogP contribution in [0.3, 0.4) is 0 Å². The van der Waals surface area contributed by atoms with Crippen molar-refractivity contribution < 1.29 is 4.79 Å². The number of carbonyl (C=O) groups excluding carboxylic acids is 1. The molecule has 0 aromatic carbocycles. The zero-order valence-electron chi connectivity index (χ0n) is 10.6. The van der Waals surface area contributed by atoms with Crippen LogP contribution in [0.25, 0.3) is 0 Å². The summed E-state index contributed by atoms with van der Waals surface area (Å²) in [4.78, 5) is 11.6. The molecule has 0 aliphatic heterocycles. The molecule has 0 bridgehead atoms. The number of nitrogens with zero attached hydrogens (tertiary/aromatic N) is 3. The Morgan fingerprint density at radius 1 is 1.56 bits per heavy atom. The lowest BCUT2D eigenvalue weighted by Gasteiger charge is -2.06. The van der Waals surface area contributed by atoms with Crippen LogP contribution in [0.5, 0.6) is 0 Å². The van der Waals surface area contributed by atoms with E-state index < -0.39 is 0 Å². The summed E-state index contributed by atoms with van der Waals surface area (Å²) in [5.41, 5.74) is 5.54. The summed E-state index contributed by atoms with van der Waals surface area (Å²) in [6, 6.07) is 0. The lowest BCUT2D eigenvalue weighted by atomic mass is 10.4. The number of nitrogens with one attached hydrogen (secondary N) is 1. The van der Waals surface area contributed by atoms with Gasteiger partial charge in [-0.2, -0.15) is 0 Å². The van der Waals surface area contributed by atoms with Crippen molar-refractivity contribution >= 4 is 17.7 Å². The highest BCUT2D eigenvalue weighted by molar-refractivity contribution is 7.99. The number of nitrogens with two attached hydrogens (primary N) is 1. The Hall–Kier alpha value is -1.08. The normalized spacial score (nSPS) is 14.8. The van der Waals surface area contributed by atoms with E-state index in [2.05, 4.69) is 15.5 Å². The molecular weight excluding hydrogens is 250 g/mol. The van der Waals surface area contributed by atoms with Gasteiger partial charge in [-0.15, -0.1) is 10.2 Å². The Morgan fingerprint density at radius 2 is 2.33 bits per heavy atom. The summed E-state index contributed by atoms with van der Waals surface area (Å²) >= 11 is 1.41. The molecule has 1 aromatic heterocycles. The smallest absolute Gasteiger partial charge is 0.230 e. The molecular formula is C11H19N5OS. The summed E-state index contributed by atoms with van der Waals surface area (Å²) < 4.78 is 1.94. The predicted molar refractivity (Wildman–Crippen MR) is 70.3 cm³/mol. The van der Waals surface area contributed by atoms with E-state index in [0.717, 1.165) is 17.5 Å². The van der Waals surface area contributed by atoms with Gasteiger partial charge in [-0.1, -0.05) is 11.8 Å². The molecule has 1 aromatic rings. The first-order valence-electron chi connectivity index (χ1n) is 6.20. The average molecular weight is 269 g/mol. The Balaban J connectivity index is 1.79. The van der Waals surface area contributed by atoms with Gasteiger partial charge in [0.05, 0.1) is 5.75 Å². The largest absolute Gasteiger partial charge is 0.355 e. The second-order valence-electron chi connectivity index (χ2n) is 4.51. The molecule has 18 heavy (non-hydrogen) atoms. The molecule has 0 atom stereocenters. The number of aromatic nitrogens is 3. The standard InChI is InChI=1S/C11H19N5OS/c1-8-14-15-11(16(8)5-4-12)18-7-10(17)13-6-9-2-3-9/h9H,2-7,12H2,1H3,(H,13,17). The van der Waals surface area contributed by atoms with Gasteiger partial charge in [-0.05, 0) is 25.7 Å². The molecule has 1 amide bonds. The number of carbonyl (C=O) groups is 1. The minimum atomic E-state index is 0.0619. The molecule has 2 rings (SSSR count). The number of hydrogen-bond donors (Lipinski definition) is 2. The van der Waals surface area contributed by atoms with E-state index in [4.69, 9.17) is 5.73 Å². The average Bonchev–Trinajstić information content (AvgIpc) is 3.12. The van der Waals surface area contributed by atoms with Gasteiger partial charge in [0.1, 0.15) is 5.82 Å². The first-order valence-corrected chi connectivity index (χ1v) is 7.18. The fraction of sp³-hybridized carbons (Fsp3) is 0.727. The number of thioether (sulfide) groups is 1. The highest BCUT2D eigenvalue weighted by Gasteiger charge is 2.21. The van der Waals surface area contributed by atoms with Crippen LogP contribution in [-0.4, -0.2) is 39.5 Å². The van der Waals surface area contributed by atoms with Crippen LogP contribution in [0, 0.1) is 12.8 Å². The van der Waals surface area contributed by atoms with Crippen molar-refractivity contribution in [2.24, 2.45) is 11.7 Å². The number of rotatable bonds is 7. The minimum Gasteiger partial charge on any atom is -0.355 e. The van der Waals surface area contributed by atoms with Crippen molar-refractivity contribution in [1.82, 2.24) is 20.1 Å². The molecule has 0 radical (unpaired) electrons. The number of amides is 1. The Morgan fingerprint density at radius 3 is 3.00 bits per heavy atom. The summed E-state index contributed by atoms with van der Waals surface area (Å²) in [7, 11) is 0. The van der Waals surface area contributed by atoms with Gasteiger partial charge in [0.2, 0.25) is 5.91 Å². The molecule has 0 saturated heterocycles. The predicted octanol–water partition coefficient (Wildman–Crippen LogP) is 0.164. The lowest BCUT2D eigenvalue weighted by molar-refractivity contribution is -0.118. The van der Waals surface area contributed by atoms with Crippen molar-refractivity contribution in [2.75, 3.05) is 18.8 Å². The number of aryl methyl sites for hydroxylation is 1. The molecule has 0 unspecified atom stereocenters. The van der Waals surface area contributed by atoms with Gasteiger partial charge in [-0.3, -0.25) is 4.79 Å². The summed E-state index contributed by atoms with van der Waals surface area (Å²) in [5, 5.41) is 11.8. The third-order valence-corrected chi connectivity index (χ3v) is 3.84. The maximum Gasteiger partial charge on any atom is 0.230 e. The van der Waals surface area contributed by atoms with E-state index in [1.807, 2.05) is 11.5 Å². The van der Waals surface area contributed by atoms with E-state index in [0.29, 0.717) is 24.8 Å². The molecule has 1 fully saturated rings. The van der Waals surface area contributed by atoms with Gasteiger partial charge in [0.15, 0.2) is 5.16 Å². The first kappa shape index (κ1) is 13.4. The van der Waals surface area contributed by atoms with Crippen molar-refractivity contribution in [1.29, 1.82) is 0 Å². The van der Waals surface area contributed by atoms with E-state index in [-0.39, 0.29) is 5.91 Å². The quantitative estimate of drug-likeness (QED) is 0.689. The summed E-state index contributed by atoms with van der Waals surface area (Å²) in [5.74, 6) is 1.99. The molecule has 1 saturated carbocycles. The lowest BCUT2D eigenvalue weighted by Crippen LogP contribution is -2.27. The van der Waals surface area contributed by atoms with Gasteiger partial charge in [0, 0.05) is 19.6 Å². The first-order chi connectivity index (χ1) is 8.70. The molecule has 100 valence electrons. The summed E-state index contributed by atoms with van der Waals surface area (Å²) in [6.45, 7) is 3.93. The van der Waals surface area contributed by atoms with Crippen LogP contribution in [0.1, 0.15) is 18.7 Å². The van der Waals surface area contributed by atoms with Crippen LogP contribution < -0.4 is 11.1 Å². The zero-order chi connectivity index (χ0) is 13.0. The van der Waals surface area contributed by atoms with Gasteiger partial charge < -0.3 is 15.6 Å². The zero-order valence-corrected chi connectivity index (χ0v) is 11.4. The van der Waals surface area contributed by atoms with Gasteiger partial charge >= 0.3 is 0 Å². The molecule has 6 nitrogen and oxygen atoms in total. The van der Waals surface area contributed by atoms with Gasteiger partial charge in [0.25, 0.3) is 0 Å². The third kappa shape index (κ3) is 3.71. The Kier molecular flexibility index (Phi) is 4.60. The molecule has 0 spiro atoms. The fourth-order valence-electron chi connectivity index (χ4n) is 1.62. The van der Waals surface area contributed by atoms with Crippen molar-refractivity contribution in [2.45, 2.75) is 31.5 Å². The Labute approximate surface area is 111 Å². The van der Waals surface area contributed by atoms with Gasteiger partial charge in [-0.25, -0.2) is 0 Å². The molecule has 3 N–H and O–H groups in total. The highest BCUT2D eigenvalue weighted by Crippen LogP contribution is 2.27. The second-order valence-corrected chi connectivity index (χ2v) is 5.45. The van der Waals surface area contributed by atoms with Crippen LogP contribution >= 0.6 is 11.8 Å². The van der Waals surface area contributed by atoms with Crippen molar-refractivity contribution in [3.63, 3.8) is 0 Å². The van der Waals surface area contributed by atoms with Crippen LogP contribution in [0.4, 0.5) is 0 Å². The highest BCUT2D eigenvalue weighted by atomic mass is 32.2. The van der Waals surface area contributed by atoms with E-state index >= 15 is 0 Å². The molecule has 1 heterocycles. The fourth-order valence-corrected chi connectivity index (χ4v) is 2.46. The molecule has 1 aliphatic carbocycles. The number of hydrogen-bond acceptors (Lipinski definition) is 5.